The Morgan fingerprint density at radius 2 is 1.69 bits per heavy atom. The van der Waals surface area contributed by atoms with Crippen LogP contribution in [0.1, 0.15) is 21.7 Å². The van der Waals surface area contributed by atoms with Crippen LogP contribution in [0.2, 0.25) is 0 Å². The minimum atomic E-state index is -1.19. The first-order valence-electron chi connectivity index (χ1n) is 7.67. The molecule has 0 atom stereocenters. The van der Waals surface area contributed by atoms with Gasteiger partial charge in [-0.2, -0.15) is 0 Å². The largest absolute Gasteiger partial charge is 0.508 e. The van der Waals surface area contributed by atoms with Gasteiger partial charge in [-0.25, -0.2) is 4.79 Å². The summed E-state index contributed by atoms with van der Waals surface area (Å²) in [4.78, 5) is 11.1. The Kier molecular flexibility index (Phi) is 6.00. The van der Waals surface area contributed by atoms with Crippen LogP contribution in [0.15, 0.2) is 59.0 Å². The summed E-state index contributed by atoms with van der Waals surface area (Å²) in [7, 11) is 0. The van der Waals surface area contributed by atoms with Gasteiger partial charge in [0.25, 0.3) is 0 Å². The lowest BCUT2D eigenvalue weighted by Gasteiger charge is -2.04. The predicted molar refractivity (Wildman–Crippen MR) is 96.4 cm³/mol. The lowest BCUT2D eigenvalue weighted by Crippen LogP contribution is -2.11. The second-order valence-electron chi connectivity index (χ2n) is 5.57. The van der Waals surface area contributed by atoms with Crippen molar-refractivity contribution in [2.24, 2.45) is 0 Å². The lowest BCUT2D eigenvalue weighted by atomic mass is 10.1. The Hall–Kier alpha value is -3.29. The highest BCUT2D eigenvalue weighted by atomic mass is 16.4. The lowest BCUT2D eigenvalue weighted by molar-refractivity contribution is 0.0694. The van der Waals surface area contributed by atoms with E-state index in [-0.39, 0.29) is 23.2 Å². The van der Waals surface area contributed by atoms with E-state index in [1.165, 1.54) is 12.1 Å². The first-order valence-corrected chi connectivity index (χ1v) is 7.67. The van der Waals surface area contributed by atoms with Gasteiger partial charge in [0.1, 0.15) is 28.6 Å². The molecule has 136 valence electrons. The van der Waals surface area contributed by atoms with Crippen molar-refractivity contribution in [2.45, 2.75) is 13.1 Å². The van der Waals surface area contributed by atoms with Gasteiger partial charge in [0.2, 0.25) is 0 Å². The SMILES string of the molecule is N.O=C(O)c1cc(-c2ccc(CNCc3ccc(O)cc3)o2)ccc1O. The molecule has 0 aliphatic carbocycles. The smallest absolute Gasteiger partial charge is 0.339 e. The molecule has 7 N–H and O–H groups in total. The molecular weight excluding hydrogens is 336 g/mol. The van der Waals surface area contributed by atoms with Gasteiger partial charge in [0.15, 0.2) is 0 Å². The number of nitrogens with one attached hydrogen (secondary N) is 1. The van der Waals surface area contributed by atoms with Crippen LogP contribution >= 0.6 is 0 Å². The molecule has 0 bridgehead atoms. The average Bonchev–Trinajstić information content (AvgIpc) is 3.06. The van der Waals surface area contributed by atoms with Gasteiger partial charge >= 0.3 is 5.97 Å². The third kappa shape index (κ3) is 4.41. The molecule has 0 spiro atoms. The fourth-order valence-corrected chi connectivity index (χ4v) is 2.43. The van der Waals surface area contributed by atoms with Crippen LogP contribution < -0.4 is 11.5 Å². The van der Waals surface area contributed by atoms with Gasteiger partial charge in [-0.1, -0.05) is 12.1 Å². The first kappa shape index (κ1) is 19.0. The number of hydrogen-bond donors (Lipinski definition) is 5. The van der Waals surface area contributed by atoms with E-state index in [2.05, 4.69) is 5.32 Å². The van der Waals surface area contributed by atoms with Crippen LogP contribution in [0.3, 0.4) is 0 Å². The molecule has 1 heterocycles. The number of hydrogen-bond acceptors (Lipinski definition) is 6. The summed E-state index contributed by atoms with van der Waals surface area (Å²) < 4.78 is 5.72. The number of carboxylic acids is 1. The molecule has 0 radical (unpaired) electrons. The van der Waals surface area contributed by atoms with E-state index in [9.17, 15) is 15.0 Å². The fraction of sp³-hybridized carbons (Fsp3) is 0.105. The van der Waals surface area contributed by atoms with Crippen molar-refractivity contribution in [1.29, 1.82) is 0 Å². The summed E-state index contributed by atoms with van der Waals surface area (Å²) >= 11 is 0. The molecule has 3 rings (SSSR count). The number of carbonyl (C=O) groups is 1. The second kappa shape index (κ2) is 8.19. The number of furan rings is 1. The molecule has 7 nitrogen and oxygen atoms in total. The molecule has 0 unspecified atom stereocenters. The van der Waals surface area contributed by atoms with Crippen LogP contribution in [-0.4, -0.2) is 21.3 Å². The summed E-state index contributed by atoms with van der Waals surface area (Å²) in [6.45, 7) is 1.13. The molecule has 2 aromatic carbocycles. The third-order valence-electron chi connectivity index (χ3n) is 3.74. The molecule has 3 aromatic rings. The number of aromatic hydroxyl groups is 2. The van der Waals surface area contributed by atoms with Crippen LogP contribution in [-0.2, 0) is 13.1 Å². The van der Waals surface area contributed by atoms with Crippen molar-refractivity contribution in [1.82, 2.24) is 11.5 Å². The topological polar surface area (TPSA) is 138 Å². The quantitative estimate of drug-likeness (QED) is 0.455. The minimum absolute atomic E-state index is 0. The summed E-state index contributed by atoms with van der Waals surface area (Å²) in [5, 5.41) is 31.1. The zero-order chi connectivity index (χ0) is 17.8. The van der Waals surface area contributed by atoms with Crippen molar-refractivity contribution in [3.05, 3.63) is 71.5 Å². The van der Waals surface area contributed by atoms with Crippen molar-refractivity contribution < 1.29 is 24.5 Å². The molecule has 7 heteroatoms. The molecule has 0 fully saturated rings. The van der Waals surface area contributed by atoms with Crippen molar-refractivity contribution in [2.75, 3.05) is 0 Å². The van der Waals surface area contributed by atoms with Crippen molar-refractivity contribution >= 4 is 5.97 Å². The van der Waals surface area contributed by atoms with E-state index in [0.717, 1.165) is 5.56 Å². The molecule has 0 aliphatic heterocycles. The number of phenolic OH excluding ortho intramolecular Hbond substituents is 1. The maximum atomic E-state index is 11.1. The molecule has 0 aliphatic rings. The highest BCUT2D eigenvalue weighted by Gasteiger charge is 2.13. The molecule has 0 saturated heterocycles. The third-order valence-corrected chi connectivity index (χ3v) is 3.74. The Balaban J connectivity index is 0.00000243. The molecule has 1 aromatic heterocycles. The highest BCUT2D eigenvalue weighted by Crippen LogP contribution is 2.27. The Morgan fingerprint density at radius 3 is 2.38 bits per heavy atom. The first-order chi connectivity index (χ1) is 12.0. The summed E-state index contributed by atoms with van der Waals surface area (Å²) in [5.41, 5.74) is 1.45. The van der Waals surface area contributed by atoms with E-state index in [1.807, 2.05) is 18.2 Å². The number of carboxylic acid groups (broad SMARTS) is 1. The predicted octanol–water partition coefficient (Wildman–Crippen LogP) is 3.51. The van der Waals surface area contributed by atoms with Gasteiger partial charge in [0.05, 0.1) is 6.54 Å². The van der Waals surface area contributed by atoms with Gasteiger partial charge in [-0.3, -0.25) is 0 Å². The molecule has 26 heavy (non-hydrogen) atoms. The van der Waals surface area contributed by atoms with E-state index in [4.69, 9.17) is 9.52 Å². The highest BCUT2D eigenvalue weighted by molar-refractivity contribution is 5.92. The maximum Gasteiger partial charge on any atom is 0.339 e. The van der Waals surface area contributed by atoms with E-state index in [1.54, 1.807) is 24.3 Å². The van der Waals surface area contributed by atoms with Crippen molar-refractivity contribution in [3.63, 3.8) is 0 Å². The van der Waals surface area contributed by atoms with Crippen LogP contribution in [0.25, 0.3) is 11.3 Å². The normalized spacial score (nSPS) is 10.3. The maximum absolute atomic E-state index is 11.1. The molecule has 0 amide bonds. The van der Waals surface area contributed by atoms with Crippen molar-refractivity contribution in [3.8, 4) is 22.8 Å². The van der Waals surface area contributed by atoms with E-state index < -0.39 is 5.97 Å². The standard InChI is InChI=1S/C19H17NO5.H3N/c21-14-4-1-12(2-5-14)10-20-11-15-6-8-18(25-15)13-3-7-17(22)16(9-13)19(23)24;/h1-9,20-22H,10-11H2,(H,23,24);1H3. The summed E-state index contributed by atoms with van der Waals surface area (Å²) in [5.74, 6) is -0.00277. The Bertz CT molecular complexity index is 887. The minimum Gasteiger partial charge on any atom is -0.508 e. The number of rotatable bonds is 6. The fourth-order valence-electron chi connectivity index (χ4n) is 2.43. The zero-order valence-corrected chi connectivity index (χ0v) is 14.0. The second-order valence-corrected chi connectivity index (χ2v) is 5.57. The van der Waals surface area contributed by atoms with Crippen LogP contribution in [0.4, 0.5) is 0 Å². The Morgan fingerprint density at radius 1 is 0.962 bits per heavy atom. The summed E-state index contributed by atoms with van der Waals surface area (Å²) in [6, 6.07) is 14.8. The monoisotopic (exact) mass is 356 g/mol. The molecule has 0 saturated carbocycles. The van der Waals surface area contributed by atoms with Gasteiger partial charge < -0.3 is 31.2 Å². The van der Waals surface area contributed by atoms with Crippen LogP contribution in [0, 0.1) is 0 Å². The number of phenols is 2. The van der Waals surface area contributed by atoms with E-state index >= 15 is 0 Å². The number of benzene rings is 2. The van der Waals surface area contributed by atoms with E-state index in [0.29, 0.717) is 30.2 Å². The number of aromatic carboxylic acids is 1. The Labute approximate surface area is 150 Å². The molecular formula is C19H20N2O5. The zero-order valence-electron chi connectivity index (χ0n) is 14.0. The average molecular weight is 356 g/mol. The van der Waals surface area contributed by atoms with Gasteiger partial charge in [-0.05, 0) is 48.0 Å². The van der Waals surface area contributed by atoms with Gasteiger partial charge in [0, 0.05) is 12.1 Å². The van der Waals surface area contributed by atoms with Crippen LogP contribution in [0.5, 0.6) is 11.5 Å². The van der Waals surface area contributed by atoms with Gasteiger partial charge in [-0.15, -0.1) is 0 Å². The summed E-state index contributed by atoms with van der Waals surface area (Å²) in [6.07, 6.45) is 0.